The number of urea groups is 1. The van der Waals surface area contributed by atoms with Crippen molar-refractivity contribution < 1.29 is 4.79 Å². The maximum Gasteiger partial charge on any atom is 0.319 e. The highest BCUT2D eigenvalue weighted by Gasteiger charge is 2.04. The summed E-state index contributed by atoms with van der Waals surface area (Å²) in [7, 11) is 0. The van der Waals surface area contributed by atoms with Gasteiger partial charge in [-0.05, 0) is 31.2 Å². The molecule has 1 aromatic carbocycles. The Morgan fingerprint density at radius 1 is 1.50 bits per heavy atom. The normalized spacial score (nSPS) is 11.3. The minimum Gasteiger partial charge on any atom is -0.337 e. The fourth-order valence-electron chi connectivity index (χ4n) is 1.000. The Kier molecular flexibility index (Phi) is 4.80. The van der Waals surface area contributed by atoms with Gasteiger partial charge in [-0.25, -0.2) is 4.79 Å². The maximum absolute atomic E-state index is 11.4. The molecule has 1 aromatic rings. The molecule has 0 saturated heterocycles. The molecule has 0 aliphatic carbocycles. The molecule has 2 N–H and O–H groups in total. The molecule has 16 heavy (non-hydrogen) atoms. The first-order valence-corrected chi connectivity index (χ1v) is 5.61. The van der Waals surface area contributed by atoms with Crippen LogP contribution in [-0.2, 0) is 0 Å². The first-order valence-electron chi connectivity index (χ1n) is 4.82. The molecule has 2 amide bonds. The summed E-state index contributed by atoms with van der Waals surface area (Å²) in [5.41, 5.74) is 0.713. The van der Waals surface area contributed by atoms with E-state index in [4.69, 9.17) is 5.26 Å². The minimum atomic E-state index is -0.301. The number of anilines is 1. The van der Waals surface area contributed by atoms with Crippen LogP contribution in [0.2, 0.25) is 0 Å². The van der Waals surface area contributed by atoms with Gasteiger partial charge in [0.1, 0.15) is 0 Å². The second kappa shape index (κ2) is 6.13. The molecule has 0 aromatic heterocycles. The number of amides is 2. The van der Waals surface area contributed by atoms with Crippen LogP contribution in [0.3, 0.4) is 0 Å². The Labute approximate surface area is 103 Å². The number of nitrogens with zero attached hydrogens (tertiary/aromatic N) is 1. The Hall–Kier alpha value is -1.54. The van der Waals surface area contributed by atoms with Gasteiger partial charge in [-0.1, -0.05) is 15.9 Å². The molecule has 5 heteroatoms. The zero-order valence-corrected chi connectivity index (χ0v) is 10.4. The molecule has 0 bridgehead atoms. The summed E-state index contributed by atoms with van der Waals surface area (Å²) in [5.74, 6) is -0.185. The maximum atomic E-state index is 11.4. The van der Waals surface area contributed by atoms with Crippen LogP contribution in [0, 0.1) is 17.2 Å². The third-order valence-corrected chi connectivity index (χ3v) is 2.42. The van der Waals surface area contributed by atoms with Gasteiger partial charge in [-0.3, -0.25) is 0 Å². The van der Waals surface area contributed by atoms with Crippen molar-refractivity contribution in [1.29, 1.82) is 5.26 Å². The van der Waals surface area contributed by atoms with Crippen molar-refractivity contribution >= 4 is 27.6 Å². The van der Waals surface area contributed by atoms with Gasteiger partial charge in [0.2, 0.25) is 0 Å². The summed E-state index contributed by atoms with van der Waals surface area (Å²) >= 11 is 3.31. The van der Waals surface area contributed by atoms with Crippen molar-refractivity contribution in [3.8, 4) is 6.07 Å². The van der Waals surface area contributed by atoms with E-state index in [0.29, 0.717) is 12.2 Å². The van der Waals surface area contributed by atoms with Gasteiger partial charge >= 0.3 is 6.03 Å². The fraction of sp³-hybridized carbons (Fsp3) is 0.273. The molecule has 0 aliphatic rings. The van der Waals surface area contributed by atoms with E-state index in [0.717, 1.165) is 4.47 Å². The fourth-order valence-corrected chi connectivity index (χ4v) is 1.26. The van der Waals surface area contributed by atoms with E-state index >= 15 is 0 Å². The molecule has 0 heterocycles. The van der Waals surface area contributed by atoms with Crippen molar-refractivity contribution in [1.82, 2.24) is 5.32 Å². The molecule has 4 nitrogen and oxygen atoms in total. The second-order valence-corrected chi connectivity index (χ2v) is 4.29. The van der Waals surface area contributed by atoms with Gasteiger partial charge in [0.05, 0.1) is 12.0 Å². The molecule has 0 radical (unpaired) electrons. The van der Waals surface area contributed by atoms with Crippen molar-refractivity contribution in [2.24, 2.45) is 5.92 Å². The molecule has 84 valence electrons. The molecule has 0 saturated carbocycles. The third kappa shape index (κ3) is 4.32. The standard InChI is InChI=1S/C11H12BrN3O/c1-8(6-13)7-14-11(16)15-10-4-2-9(12)3-5-10/h2-5,8H,7H2,1H3,(H2,14,15,16). The van der Waals surface area contributed by atoms with Crippen molar-refractivity contribution in [2.75, 3.05) is 11.9 Å². The van der Waals surface area contributed by atoms with Crippen LogP contribution in [0.25, 0.3) is 0 Å². The van der Waals surface area contributed by atoms with Crippen LogP contribution in [0.1, 0.15) is 6.92 Å². The van der Waals surface area contributed by atoms with E-state index in [1.165, 1.54) is 0 Å². The van der Waals surface area contributed by atoms with Crippen molar-refractivity contribution in [2.45, 2.75) is 6.92 Å². The van der Waals surface area contributed by atoms with Gasteiger partial charge in [0.15, 0.2) is 0 Å². The largest absolute Gasteiger partial charge is 0.337 e. The SMILES string of the molecule is CC(C#N)CNC(=O)Nc1ccc(Br)cc1. The Bertz CT molecular complexity index is 397. The molecular weight excluding hydrogens is 270 g/mol. The van der Waals surface area contributed by atoms with E-state index in [-0.39, 0.29) is 11.9 Å². The van der Waals surface area contributed by atoms with E-state index in [9.17, 15) is 4.79 Å². The smallest absolute Gasteiger partial charge is 0.319 e. The average molecular weight is 282 g/mol. The van der Waals surface area contributed by atoms with E-state index in [1.807, 2.05) is 18.2 Å². The van der Waals surface area contributed by atoms with E-state index < -0.39 is 0 Å². The van der Waals surface area contributed by atoms with Gasteiger partial charge in [0.25, 0.3) is 0 Å². The number of halogens is 1. The lowest BCUT2D eigenvalue weighted by molar-refractivity contribution is 0.251. The highest BCUT2D eigenvalue weighted by molar-refractivity contribution is 9.10. The lowest BCUT2D eigenvalue weighted by Crippen LogP contribution is -2.31. The summed E-state index contributed by atoms with van der Waals surface area (Å²) in [6.07, 6.45) is 0. The van der Waals surface area contributed by atoms with Crippen LogP contribution >= 0.6 is 15.9 Å². The predicted octanol–water partition coefficient (Wildman–Crippen LogP) is 2.73. The van der Waals surface area contributed by atoms with Gasteiger partial charge in [-0.2, -0.15) is 5.26 Å². The lowest BCUT2D eigenvalue weighted by atomic mass is 10.2. The van der Waals surface area contributed by atoms with E-state index in [1.54, 1.807) is 19.1 Å². The first kappa shape index (κ1) is 12.5. The summed E-state index contributed by atoms with van der Waals surface area (Å²) < 4.78 is 0.955. The van der Waals surface area contributed by atoms with Crippen LogP contribution in [0.5, 0.6) is 0 Å². The molecule has 0 fully saturated rings. The number of nitriles is 1. The molecular formula is C11H12BrN3O. The summed E-state index contributed by atoms with van der Waals surface area (Å²) in [5, 5.41) is 13.8. The minimum absolute atomic E-state index is 0.185. The molecule has 0 aliphatic heterocycles. The number of hydrogen-bond donors (Lipinski definition) is 2. The second-order valence-electron chi connectivity index (χ2n) is 3.37. The zero-order chi connectivity index (χ0) is 12.0. The predicted molar refractivity (Wildman–Crippen MR) is 65.9 cm³/mol. The van der Waals surface area contributed by atoms with Gasteiger partial charge in [-0.15, -0.1) is 0 Å². The Morgan fingerprint density at radius 3 is 2.69 bits per heavy atom. The highest BCUT2D eigenvalue weighted by Crippen LogP contribution is 2.13. The summed E-state index contributed by atoms with van der Waals surface area (Å²) in [6, 6.07) is 9.00. The Balaban J connectivity index is 2.40. The Morgan fingerprint density at radius 2 is 2.12 bits per heavy atom. The van der Waals surface area contributed by atoms with Crippen molar-refractivity contribution in [3.05, 3.63) is 28.7 Å². The zero-order valence-electron chi connectivity index (χ0n) is 8.83. The molecule has 0 spiro atoms. The number of carbonyl (C=O) groups is 1. The highest BCUT2D eigenvalue weighted by atomic mass is 79.9. The van der Waals surface area contributed by atoms with E-state index in [2.05, 4.69) is 26.6 Å². The number of carbonyl (C=O) groups excluding carboxylic acids is 1. The number of rotatable bonds is 3. The van der Waals surface area contributed by atoms with Crippen LogP contribution < -0.4 is 10.6 Å². The van der Waals surface area contributed by atoms with Crippen LogP contribution in [-0.4, -0.2) is 12.6 Å². The first-order chi connectivity index (χ1) is 7.61. The molecule has 1 rings (SSSR count). The number of hydrogen-bond acceptors (Lipinski definition) is 2. The average Bonchev–Trinajstić information content (AvgIpc) is 2.29. The van der Waals surface area contributed by atoms with Crippen LogP contribution in [0.4, 0.5) is 10.5 Å². The summed E-state index contributed by atoms with van der Waals surface area (Å²) in [4.78, 5) is 11.4. The topological polar surface area (TPSA) is 64.9 Å². The monoisotopic (exact) mass is 281 g/mol. The third-order valence-electron chi connectivity index (χ3n) is 1.89. The number of benzene rings is 1. The lowest BCUT2D eigenvalue weighted by Gasteiger charge is -2.08. The molecule has 1 unspecified atom stereocenters. The quantitative estimate of drug-likeness (QED) is 0.895. The number of nitrogens with one attached hydrogen (secondary N) is 2. The molecule has 1 atom stereocenters. The van der Waals surface area contributed by atoms with Gasteiger partial charge in [0, 0.05) is 16.7 Å². The van der Waals surface area contributed by atoms with Gasteiger partial charge < -0.3 is 10.6 Å². The summed E-state index contributed by atoms with van der Waals surface area (Å²) in [6.45, 7) is 2.10. The van der Waals surface area contributed by atoms with Crippen molar-refractivity contribution in [3.63, 3.8) is 0 Å². The van der Waals surface area contributed by atoms with Crippen LogP contribution in [0.15, 0.2) is 28.7 Å².